The predicted octanol–water partition coefficient (Wildman–Crippen LogP) is 5.92. The van der Waals surface area contributed by atoms with Gasteiger partial charge < -0.3 is 14.9 Å². The minimum atomic E-state index is -0.0284. The molecule has 2 N–H and O–H groups in total. The summed E-state index contributed by atoms with van der Waals surface area (Å²) >= 11 is 0. The fourth-order valence-electron chi connectivity index (χ4n) is 3.41. The molecule has 3 aromatic rings. The van der Waals surface area contributed by atoms with Crippen molar-refractivity contribution in [1.82, 2.24) is 0 Å². The third kappa shape index (κ3) is 5.13. The molecule has 0 aliphatic heterocycles. The fraction of sp³-hybridized carbons (Fsp3) is 0.200. The normalized spacial score (nSPS) is 11.7. The van der Waals surface area contributed by atoms with Gasteiger partial charge in [-0.1, -0.05) is 49.7 Å². The van der Waals surface area contributed by atoms with E-state index in [0.717, 1.165) is 40.7 Å². The second kappa shape index (κ2) is 10.4. The van der Waals surface area contributed by atoms with E-state index in [-0.39, 0.29) is 19.0 Å². The van der Waals surface area contributed by atoms with Gasteiger partial charge in [-0.2, -0.15) is 0 Å². The predicted molar refractivity (Wildman–Crippen MR) is 120 cm³/mol. The molecule has 0 aliphatic carbocycles. The summed E-state index contributed by atoms with van der Waals surface area (Å²) in [5.74, 6) is 0.914. The van der Waals surface area contributed by atoms with Gasteiger partial charge in [0.2, 0.25) is 0 Å². The van der Waals surface area contributed by atoms with E-state index >= 15 is 0 Å². The Bertz CT molecular complexity index is 991. The fourth-order valence-corrected chi connectivity index (χ4v) is 3.41. The largest absolute Gasteiger partial charge is 0.508 e. The second-order valence-electron chi connectivity index (χ2n) is 6.89. The van der Waals surface area contributed by atoms with Crippen LogP contribution >= 0.6 is 0 Å². The minimum Gasteiger partial charge on any atom is -0.508 e. The Morgan fingerprint density at radius 2 is 1.43 bits per heavy atom. The second-order valence-corrected chi connectivity index (χ2v) is 6.89. The molecule has 30 heavy (non-hydrogen) atoms. The molecular weight excluding hydrogens is 378 g/mol. The highest BCUT2D eigenvalue weighted by atomic mass is 16.5. The van der Waals surface area contributed by atoms with Crippen LogP contribution in [-0.2, 0) is 0 Å². The maximum atomic E-state index is 10.8. The van der Waals surface area contributed by atoms with Crippen molar-refractivity contribution in [2.75, 3.05) is 13.2 Å². The quantitative estimate of drug-likeness (QED) is 0.343. The Balaban J connectivity index is 2.16. The van der Waals surface area contributed by atoms with Crippen LogP contribution in [0.2, 0.25) is 0 Å². The molecule has 0 heterocycles. The lowest BCUT2D eigenvalue weighted by molar-refractivity contribution is 0.201. The maximum Gasteiger partial charge on any atom is 0.119 e. The molecule has 3 aromatic carbocycles. The zero-order valence-electron chi connectivity index (χ0n) is 16.9. The Labute approximate surface area is 176 Å². The van der Waals surface area contributed by atoms with E-state index in [9.17, 15) is 10.0 Å². The number of aliphatic hydroxyl groups is 1. The van der Waals surface area contributed by atoms with Crippen molar-refractivity contribution < 1.29 is 14.9 Å². The Kier molecular flexibility index (Phi) is 7.35. The highest BCUT2D eigenvalue weighted by molar-refractivity contribution is 5.98. The SMILES string of the molecule is CCC/C(=C(\c1ccc(O)cc1)c1ccc(N=O)cc1)c1ccc(OCCO)cc1. The molecule has 3 rings (SSSR count). The monoisotopic (exact) mass is 403 g/mol. The number of nitroso groups, excluding NO2 is 1. The molecule has 0 radical (unpaired) electrons. The average molecular weight is 403 g/mol. The van der Waals surface area contributed by atoms with E-state index in [1.54, 1.807) is 24.3 Å². The van der Waals surface area contributed by atoms with E-state index in [1.807, 2.05) is 48.5 Å². The van der Waals surface area contributed by atoms with Crippen LogP contribution in [0.4, 0.5) is 5.69 Å². The van der Waals surface area contributed by atoms with Gasteiger partial charge in [-0.25, -0.2) is 0 Å². The molecule has 5 heteroatoms. The first-order valence-corrected chi connectivity index (χ1v) is 9.96. The van der Waals surface area contributed by atoms with Crippen molar-refractivity contribution >= 4 is 16.8 Å². The molecule has 0 aliphatic rings. The molecule has 0 aromatic heterocycles. The van der Waals surface area contributed by atoms with Crippen molar-refractivity contribution in [3.05, 3.63) is 94.4 Å². The molecule has 0 unspecified atom stereocenters. The van der Waals surface area contributed by atoms with Gasteiger partial charge in [0.05, 0.1) is 6.61 Å². The van der Waals surface area contributed by atoms with Gasteiger partial charge in [-0.3, -0.25) is 0 Å². The first-order valence-electron chi connectivity index (χ1n) is 9.96. The molecule has 5 nitrogen and oxygen atoms in total. The molecule has 0 amide bonds. The number of phenolic OH excluding ortho intramolecular Hbond substituents is 1. The highest BCUT2D eigenvalue weighted by Crippen LogP contribution is 2.36. The van der Waals surface area contributed by atoms with E-state index in [4.69, 9.17) is 9.84 Å². The topological polar surface area (TPSA) is 79.1 Å². The van der Waals surface area contributed by atoms with Crippen LogP contribution in [0.3, 0.4) is 0 Å². The van der Waals surface area contributed by atoms with Gasteiger partial charge in [0.15, 0.2) is 0 Å². The number of aliphatic hydroxyl groups excluding tert-OH is 1. The first-order chi connectivity index (χ1) is 14.7. The van der Waals surface area contributed by atoms with Crippen molar-refractivity contribution in [2.45, 2.75) is 19.8 Å². The lowest BCUT2D eigenvalue weighted by atomic mass is 9.87. The standard InChI is InChI=1S/C25H25NO4/c1-2-3-24(18-8-14-23(15-9-18)30-17-16-27)25(20-6-12-22(28)13-7-20)19-4-10-21(26-29)11-5-19/h4-15,27-28H,2-3,16-17H2,1H3/b25-24+. The first kappa shape index (κ1) is 21.3. The zero-order valence-corrected chi connectivity index (χ0v) is 16.9. The summed E-state index contributed by atoms with van der Waals surface area (Å²) in [6.45, 7) is 2.36. The van der Waals surface area contributed by atoms with E-state index in [0.29, 0.717) is 11.4 Å². The van der Waals surface area contributed by atoms with Crippen LogP contribution in [0.1, 0.15) is 36.5 Å². The number of benzene rings is 3. The lowest BCUT2D eigenvalue weighted by Gasteiger charge is -2.18. The molecule has 0 fully saturated rings. The zero-order chi connectivity index (χ0) is 21.3. The van der Waals surface area contributed by atoms with Gasteiger partial charge in [0.1, 0.15) is 23.8 Å². The van der Waals surface area contributed by atoms with Crippen LogP contribution in [0.25, 0.3) is 11.1 Å². The summed E-state index contributed by atoms with van der Waals surface area (Å²) in [7, 11) is 0. The summed E-state index contributed by atoms with van der Waals surface area (Å²) in [5, 5.41) is 21.7. The number of rotatable bonds is 9. The van der Waals surface area contributed by atoms with Gasteiger partial charge in [0.25, 0.3) is 0 Å². The number of phenols is 1. The molecule has 0 spiro atoms. The molecule has 0 atom stereocenters. The minimum absolute atomic E-state index is 0.0284. The van der Waals surface area contributed by atoms with E-state index < -0.39 is 0 Å². The lowest BCUT2D eigenvalue weighted by Crippen LogP contribution is -2.01. The summed E-state index contributed by atoms with van der Waals surface area (Å²) in [6, 6.07) is 22.2. The molecule has 0 bridgehead atoms. The number of nitrogens with zero attached hydrogens (tertiary/aromatic N) is 1. The summed E-state index contributed by atoms with van der Waals surface area (Å²) < 4.78 is 5.48. The highest BCUT2D eigenvalue weighted by Gasteiger charge is 2.14. The molecule has 0 saturated carbocycles. The summed E-state index contributed by atoms with van der Waals surface area (Å²) in [5.41, 5.74) is 5.59. The average Bonchev–Trinajstić information content (AvgIpc) is 2.79. The molecule has 154 valence electrons. The van der Waals surface area contributed by atoms with Gasteiger partial charge >= 0.3 is 0 Å². The number of hydrogen-bond acceptors (Lipinski definition) is 5. The van der Waals surface area contributed by atoms with Crippen LogP contribution in [0.15, 0.2) is 78.0 Å². The van der Waals surface area contributed by atoms with Crippen LogP contribution in [0, 0.1) is 4.91 Å². The van der Waals surface area contributed by atoms with Crippen molar-refractivity contribution in [3.8, 4) is 11.5 Å². The third-order valence-electron chi connectivity index (χ3n) is 4.78. The smallest absolute Gasteiger partial charge is 0.119 e. The summed E-state index contributed by atoms with van der Waals surface area (Å²) in [4.78, 5) is 10.8. The number of ether oxygens (including phenoxy) is 1. The van der Waals surface area contributed by atoms with Crippen LogP contribution in [0.5, 0.6) is 11.5 Å². The van der Waals surface area contributed by atoms with Gasteiger partial charge in [-0.05, 0) is 75.8 Å². The number of hydrogen-bond donors (Lipinski definition) is 2. The number of allylic oxidation sites excluding steroid dienone is 1. The number of aromatic hydroxyl groups is 1. The van der Waals surface area contributed by atoms with Crippen LogP contribution in [-0.4, -0.2) is 23.4 Å². The van der Waals surface area contributed by atoms with Crippen molar-refractivity contribution in [3.63, 3.8) is 0 Å². The maximum absolute atomic E-state index is 10.8. The van der Waals surface area contributed by atoms with Crippen molar-refractivity contribution in [1.29, 1.82) is 0 Å². The van der Waals surface area contributed by atoms with Crippen molar-refractivity contribution in [2.24, 2.45) is 5.18 Å². The Morgan fingerprint density at radius 1 is 0.867 bits per heavy atom. The Morgan fingerprint density at radius 3 is 1.97 bits per heavy atom. The molecular formula is C25H25NO4. The molecule has 0 saturated heterocycles. The van der Waals surface area contributed by atoms with E-state index in [2.05, 4.69) is 12.1 Å². The van der Waals surface area contributed by atoms with Crippen LogP contribution < -0.4 is 4.74 Å². The van der Waals surface area contributed by atoms with E-state index in [1.165, 1.54) is 0 Å². The Hall–Kier alpha value is -3.44. The van der Waals surface area contributed by atoms with Gasteiger partial charge in [-0.15, -0.1) is 4.91 Å². The van der Waals surface area contributed by atoms with Gasteiger partial charge in [0, 0.05) is 0 Å². The summed E-state index contributed by atoms with van der Waals surface area (Å²) in [6.07, 6.45) is 1.80. The third-order valence-corrected chi connectivity index (χ3v) is 4.78.